The summed E-state index contributed by atoms with van der Waals surface area (Å²) in [7, 11) is 0. The third kappa shape index (κ3) is 5.64. The molecule has 3 aromatic carbocycles. The number of nitrogens with zero attached hydrogens (tertiary/aromatic N) is 2. The predicted molar refractivity (Wildman–Crippen MR) is 122 cm³/mol. The van der Waals surface area contributed by atoms with Crippen LogP contribution in [0.15, 0.2) is 76.4 Å². The second kappa shape index (κ2) is 9.66. The molecular weight excluding hydrogens is 410 g/mol. The van der Waals surface area contributed by atoms with Gasteiger partial charge in [-0.3, -0.25) is 4.79 Å². The number of amides is 1. The Morgan fingerprint density at radius 2 is 1.81 bits per heavy atom. The highest BCUT2D eigenvalue weighted by molar-refractivity contribution is 7.99. The zero-order valence-corrected chi connectivity index (χ0v) is 18.2. The van der Waals surface area contributed by atoms with Crippen LogP contribution in [0.2, 0.25) is 0 Å². The number of thioether (sulfide) groups is 1. The number of anilines is 1. The molecule has 0 radical (unpaired) electrons. The number of hydrogen-bond donors (Lipinski definition) is 1. The molecule has 0 spiro atoms. The molecule has 4 rings (SSSR count). The Hall–Kier alpha value is -3.32. The molecule has 0 unspecified atom stereocenters. The van der Waals surface area contributed by atoms with Crippen LogP contribution in [0.5, 0.6) is 5.75 Å². The first-order valence-corrected chi connectivity index (χ1v) is 11.0. The first-order valence-electron chi connectivity index (χ1n) is 10.0. The molecule has 0 bridgehead atoms. The number of aromatic nitrogens is 2. The summed E-state index contributed by atoms with van der Waals surface area (Å²) < 4.78 is 11.3. The fourth-order valence-electron chi connectivity index (χ4n) is 3.04. The van der Waals surface area contributed by atoms with Gasteiger partial charge in [-0.05, 0) is 46.5 Å². The van der Waals surface area contributed by atoms with Crippen LogP contribution in [0.4, 0.5) is 5.69 Å². The Labute approximate surface area is 185 Å². The largest absolute Gasteiger partial charge is 0.484 e. The minimum Gasteiger partial charge on any atom is -0.484 e. The third-order valence-electron chi connectivity index (χ3n) is 4.72. The molecule has 0 fully saturated rings. The van der Waals surface area contributed by atoms with Crippen LogP contribution in [-0.4, -0.2) is 21.9 Å². The molecule has 0 aliphatic rings. The van der Waals surface area contributed by atoms with Crippen molar-refractivity contribution in [2.75, 3.05) is 11.1 Å². The maximum Gasteiger partial charge on any atom is 0.277 e. The van der Waals surface area contributed by atoms with E-state index in [1.165, 1.54) is 17.3 Å². The van der Waals surface area contributed by atoms with E-state index in [-0.39, 0.29) is 18.3 Å². The number of carbonyl (C=O) groups excluding carboxylic acids is 1. The quantitative estimate of drug-likeness (QED) is 0.362. The lowest BCUT2D eigenvalue weighted by molar-refractivity contribution is -0.113. The molecule has 158 valence electrons. The van der Waals surface area contributed by atoms with Crippen LogP contribution >= 0.6 is 11.8 Å². The van der Waals surface area contributed by atoms with Gasteiger partial charge in [0.15, 0.2) is 6.61 Å². The van der Waals surface area contributed by atoms with Crippen LogP contribution < -0.4 is 10.1 Å². The third-order valence-corrected chi connectivity index (χ3v) is 5.54. The number of nitrogens with one attached hydrogen (secondary N) is 1. The molecule has 31 heavy (non-hydrogen) atoms. The van der Waals surface area contributed by atoms with E-state index in [0.29, 0.717) is 17.0 Å². The molecule has 1 N–H and O–H groups in total. The first-order chi connectivity index (χ1) is 15.1. The summed E-state index contributed by atoms with van der Waals surface area (Å²) in [5.41, 5.74) is 2.01. The monoisotopic (exact) mass is 433 g/mol. The van der Waals surface area contributed by atoms with Crippen molar-refractivity contribution < 1.29 is 13.9 Å². The van der Waals surface area contributed by atoms with E-state index in [9.17, 15) is 4.79 Å². The van der Waals surface area contributed by atoms with Crippen molar-refractivity contribution >= 4 is 34.1 Å². The normalized spacial score (nSPS) is 11.1. The zero-order chi connectivity index (χ0) is 21.6. The summed E-state index contributed by atoms with van der Waals surface area (Å²) in [4.78, 5) is 12.3. The van der Waals surface area contributed by atoms with Crippen molar-refractivity contribution in [2.24, 2.45) is 0 Å². The molecule has 0 saturated carbocycles. The number of hydrogen-bond acceptors (Lipinski definition) is 6. The minimum atomic E-state index is -0.137. The molecule has 7 heteroatoms. The van der Waals surface area contributed by atoms with Gasteiger partial charge in [0.1, 0.15) is 5.75 Å². The van der Waals surface area contributed by atoms with E-state index in [2.05, 4.69) is 29.4 Å². The summed E-state index contributed by atoms with van der Waals surface area (Å²) in [5.74, 6) is 1.62. The van der Waals surface area contributed by atoms with Gasteiger partial charge in [0, 0.05) is 5.69 Å². The summed E-state index contributed by atoms with van der Waals surface area (Å²) in [6.07, 6.45) is 0. The maximum atomic E-state index is 12.3. The topological polar surface area (TPSA) is 77.2 Å². The van der Waals surface area contributed by atoms with Gasteiger partial charge in [0.25, 0.3) is 11.1 Å². The number of benzene rings is 3. The van der Waals surface area contributed by atoms with E-state index in [0.717, 1.165) is 22.2 Å². The molecule has 1 heterocycles. The van der Waals surface area contributed by atoms with Crippen LogP contribution in [0, 0.1) is 0 Å². The lowest BCUT2D eigenvalue weighted by atomic mass is 10.0. The lowest BCUT2D eigenvalue weighted by Gasteiger charge is -2.07. The van der Waals surface area contributed by atoms with Crippen molar-refractivity contribution in [1.82, 2.24) is 10.2 Å². The van der Waals surface area contributed by atoms with Crippen molar-refractivity contribution in [3.63, 3.8) is 0 Å². The van der Waals surface area contributed by atoms with Crippen molar-refractivity contribution in [2.45, 2.75) is 31.6 Å². The van der Waals surface area contributed by atoms with E-state index in [1.807, 2.05) is 66.7 Å². The summed E-state index contributed by atoms with van der Waals surface area (Å²) in [6, 6.07) is 21.8. The average Bonchev–Trinajstić information content (AvgIpc) is 3.24. The Kier molecular flexibility index (Phi) is 6.52. The maximum absolute atomic E-state index is 12.3. The molecule has 4 aromatic rings. The smallest absolute Gasteiger partial charge is 0.277 e. The summed E-state index contributed by atoms with van der Waals surface area (Å²) >= 11 is 1.19. The molecule has 1 aromatic heterocycles. The van der Waals surface area contributed by atoms with Crippen molar-refractivity contribution in [1.29, 1.82) is 0 Å². The Morgan fingerprint density at radius 1 is 1.03 bits per heavy atom. The zero-order valence-electron chi connectivity index (χ0n) is 17.4. The molecule has 0 saturated heterocycles. The van der Waals surface area contributed by atoms with Gasteiger partial charge < -0.3 is 14.5 Å². The Bertz CT molecular complexity index is 1170. The molecule has 6 nitrogen and oxygen atoms in total. The van der Waals surface area contributed by atoms with Crippen LogP contribution in [0.25, 0.3) is 10.8 Å². The van der Waals surface area contributed by atoms with Crippen molar-refractivity contribution in [3.05, 3.63) is 78.2 Å². The van der Waals surface area contributed by atoms with E-state index >= 15 is 0 Å². The van der Waals surface area contributed by atoms with Gasteiger partial charge in [-0.2, -0.15) is 0 Å². The molecular formula is C24H23N3O3S. The van der Waals surface area contributed by atoms with Gasteiger partial charge in [0.05, 0.1) is 5.75 Å². The second-order valence-corrected chi connectivity index (χ2v) is 8.30. The number of fused-ring (bicyclic) bond motifs is 1. The van der Waals surface area contributed by atoms with E-state index < -0.39 is 0 Å². The van der Waals surface area contributed by atoms with Crippen molar-refractivity contribution in [3.8, 4) is 5.75 Å². The lowest BCUT2D eigenvalue weighted by Crippen LogP contribution is -2.13. The number of carbonyl (C=O) groups is 1. The minimum absolute atomic E-state index is 0.137. The highest BCUT2D eigenvalue weighted by Gasteiger charge is 2.11. The van der Waals surface area contributed by atoms with Gasteiger partial charge in [-0.1, -0.05) is 68.1 Å². The summed E-state index contributed by atoms with van der Waals surface area (Å²) in [6.45, 7) is 4.48. The molecule has 0 aliphatic heterocycles. The first kappa shape index (κ1) is 20.9. The van der Waals surface area contributed by atoms with Gasteiger partial charge in [-0.25, -0.2) is 0 Å². The standard InChI is InChI=1S/C24H23N3O3S/c1-16(2)17-8-11-21(12-9-17)29-14-23-26-27-24(30-23)31-15-22(28)25-20-10-7-18-5-3-4-6-19(18)13-20/h3-13,16H,14-15H2,1-2H3,(H,25,28). The van der Waals surface area contributed by atoms with Gasteiger partial charge in [-0.15, -0.1) is 10.2 Å². The predicted octanol–water partition coefficient (Wildman–Crippen LogP) is 5.66. The van der Waals surface area contributed by atoms with E-state index in [4.69, 9.17) is 9.15 Å². The Morgan fingerprint density at radius 3 is 2.58 bits per heavy atom. The number of rotatable bonds is 8. The molecule has 0 aliphatic carbocycles. The number of ether oxygens (including phenoxy) is 1. The Balaban J connectivity index is 1.26. The molecule has 1 amide bonds. The van der Waals surface area contributed by atoms with Crippen LogP contribution in [-0.2, 0) is 11.4 Å². The van der Waals surface area contributed by atoms with Gasteiger partial charge in [0.2, 0.25) is 5.91 Å². The second-order valence-electron chi connectivity index (χ2n) is 7.37. The fourth-order valence-corrected chi connectivity index (χ4v) is 3.62. The van der Waals surface area contributed by atoms with Gasteiger partial charge >= 0.3 is 0 Å². The molecule has 0 atom stereocenters. The highest BCUT2D eigenvalue weighted by Crippen LogP contribution is 2.22. The van der Waals surface area contributed by atoms with Crippen LogP contribution in [0.3, 0.4) is 0 Å². The van der Waals surface area contributed by atoms with Crippen LogP contribution in [0.1, 0.15) is 31.2 Å². The SMILES string of the molecule is CC(C)c1ccc(OCc2nnc(SCC(=O)Nc3ccc4ccccc4c3)o2)cc1. The highest BCUT2D eigenvalue weighted by atomic mass is 32.2. The average molecular weight is 434 g/mol. The fraction of sp³-hybridized carbons (Fsp3) is 0.208. The summed E-state index contributed by atoms with van der Waals surface area (Å²) in [5, 5.41) is 13.4. The van der Waals surface area contributed by atoms with E-state index in [1.54, 1.807) is 0 Å².